The highest BCUT2D eigenvalue weighted by atomic mass is 35.5. The topological polar surface area (TPSA) is 45.4 Å². The maximum atomic E-state index is 13.4. The molecule has 2 aromatic carbocycles. The van der Waals surface area contributed by atoms with Crippen LogP contribution in [0.3, 0.4) is 0 Å². The molecule has 0 aliphatic rings. The van der Waals surface area contributed by atoms with E-state index in [4.69, 9.17) is 21.1 Å². The second-order valence-electron chi connectivity index (χ2n) is 7.02. The van der Waals surface area contributed by atoms with Gasteiger partial charge in [-0.3, -0.25) is 9.13 Å². The molecule has 0 saturated heterocycles. The summed E-state index contributed by atoms with van der Waals surface area (Å²) in [5, 5.41) is 0.621. The molecule has 0 saturated carbocycles. The van der Waals surface area contributed by atoms with Gasteiger partial charge in [-0.1, -0.05) is 24.6 Å². The summed E-state index contributed by atoms with van der Waals surface area (Å²) in [7, 11) is 1.62. The number of hydrogen-bond donors (Lipinski definition) is 0. The first-order valence-electron chi connectivity index (χ1n) is 9.65. The minimum Gasteiger partial charge on any atom is -0.493 e. The molecule has 1 heterocycles. The zero-order valence-corrected chi connectivity index (χ0v) is 17.8. The number of halogens is 1. The molecular formula is C22H27ClN2O3. The molecule has 28 heavy (non-hydrogen) atoms. The van der Waals surface area contributed by atoms with Gasteiger partial charge in [-0.2, -0.15) is 0 Å². The summed E-state index contributed by atoms with van der Waals surface area (Å²) in [6, 6.07) is 11.4. The van der Waals surface area contributed by atoms with E-state index in [1.807, 2.05) is 61.7 Å². The van der Waals surface area contributed by atoms with Crippen molar-refractivity contribution in [2.45, 2.75) is 46.2 Å². The van der Waals surface area contributed by atoms with Gasteiger partial charge in [0, 0.05) is 11.1 Å². The molecule has 0 amide bonds. The van der Waals surface area contributed by atoms with E-state index in [0.717, 1.165) is 23.0 Å². The van der Waals surface area contributed by atoms with Crippen LogP contribution in [0.4, 0.5) is 0 Å². The van der Waals surface area contributed by atoms with E-state index < -0.39 is 0 Å². The predicted molar refractivity (Wildman–Crippen MR) is 114 cm³/mol. The monoisotopic (exact) mass is 402 g/mol. The van der Waals surface area contributed by atoms with Crippen molar-refractivity contribution in [1.82, 2.24) is 9.13 Å². The smallest absolute Gasteiger partial charge is 0.329 e. The molecule has 150 valence electrons. The molecule has 1 aromatic heterocycles. The Morgan fingerprint density at radius 2 is 1.75 bits per heavy atom. The lowest BCUT2D eigenvalue weighted by Crippen LogP contribution is -2.28. The van der Waals surface area contributed by atoms with Crippen molar-refractivity contribution in [3.8, 4) is 11.5 Å². The van der Waals surface area contributed by atoms with Crippen LogP contribution in [-0.2, 0) is 0 Å². The van der Waals surface area contributed by atoms with E-state index in [9.17, 15) is 4.79 Å². The minimum atomic E-state index is -0.124. The molecule has 0 aliphatic heterocycles. The Kier molecular flexibility index (Phi) is 6.04. The third kappa shape index (κ3) is 3.51. The Balaban J connectivity index is 2.24. The van der Waals surface area contributed by atoms with Crippen LogP contribution in [0.5, 0.6) is 11.5 Å². The van der Waals surface area contributed by atoms with E-state index in [0.29, 0.717) is 23.1 Å². The third-order valence-corrected chi connectivity index (χ3v) is 5.19. The highest BCUT2D eigenvalue weighted by Gasteiger charge is 2.23. The largest absolute Gasteiger partial charge is 0.493 e. The van der Waals surface area contributed by atoms with Crippen LogP contribution in [-0.4, -0.2) is 22.9 Å². The third-order valence-electron chi connectivity index (χ3n) is 4.96. The highest BCUT2D eigenvalue weighted by molar-refractivity contribution is 6.31. The number of fused-ring (bicyclic) bond motifs is 1. The van der Waals surface area contributed by atoms with Crippen molar-refractivity contribution in [3.63, 3.8) is 0 Å². The summed E-state index contributed by atoms with van der Waals surface area (Å²) in [5.74, 6) is 1.37. The molecule has 0 radical (unpaired) electrons. The quantitative estimate of drug-likeness (QED) is 0.528. The number of ether oxygens (including phenoxy) is 2. The van der Waals surface area contributed by atoms with Crippen molar-refractivity contribution in [2.24, 2.45) is 0 Å². The Labute approximate surface area is 170 Å². The Morgan fingerprint density at radius 3 is 2.36 bits per heavy atom. The van der Waals surface area contributed by atoms with Gasteiger partial charge >= 0.3 is 5.69 Å². The fourth-order valence-corrected chi connectivity index (χ4v) is 3.92. The van der Waals surface area contributed by atoms with Crippen LogP contribution in [0.25, 0.3) is 11.0 Å². The van der Waals surface area contributed by atoms with Crippen LogP contribution < -0.4 is 15.2 Å². The molecule has 6 heteroatoms. The van der Waals surface area contributed by atoms with Gasteiger partial charge in [-0.05, 0) is 63.1 Å². The summed E-state index contributed by atoms with van der Waals surface area (Å²) in [6.45, 7) is 8.58. The highest BCUT2D eigenvalue weighted by Crippen LogP contribution is 2.34. The van der Waals surface area contributed by atoms with Crippen LogP contribution in [0.1, 0.15) is 51.8 Å². The Hall–Kier alpha value is -2.40. The molecule has 0 bridgehead atoms. The van der Waals surface area contributed by atoms with Crippen LogP contribution in [0, 0.1) is 0 Å². The normalized spacial score (nSPS) is 12.5. The molecule has 0 spiro atoms. The van der Waals surface area contributed by atoms with Gasteiger partial charge in [0.25, 0.3) is 0 Å². The van der Waals surface area contributed by atoms with Crippen molar-refractivity contribution >= 4 is 22.6 Å². The second kappa shape index (κ2) is 8.31. The average molecular weight is 403 g/mol. The molecule has 0 N–H and O–H groups in total. The molecule has 0 fully saturated rings. The number of aromatic nitrogens is 2. The molecule has 3 aromatic rings. The van der Waals surface area contributed by atoms with Crippen molar-refractivity contribution < 1.29 is 9.47 Å². The Morgan fingerprint density at radius 1 is 1.00 bits per heavy atom. The Bertz CT molecular complexity index is 1040. The summed E-state index contributed by atoms with van der Waals surface area (Å²) in [4.78, 5) is 13.4. The van der Waals surface area contributed by atoms with Gasteiger partial charge in [0.15, 0.2) is 11.5 Å². The fraction of sp³-hybridized carbons (Fsp3) is 0.409. The van der Waals surface area contributed by atoms with Crippen molar-refractivity contribution in [2.75, 3.05) is 13.7 Å². The average Bonchev–Trinajstić information content (AvgIpc) is 2.94. The number of hydrogen-bond acceptors (Lipinski definition) is 3. The van der Waals surface area contributed by atoms with Gasteiger partial charge in [0.2, 0.25) is 0 Å². The van der Waals surface area contributed by atoms with Gasteiger partial charge in [-0.15, -0.1) is 0 Å². The predicted octanol–water partition coefficient (Wildman–Crippen LogP) is 5.44. The first kappa shape index (κ1) is 20.3. The first-order chi connectivity index (χ1) is 13.4. The van der Waals surface area contributed by atoms with Crippen LogP contribution in [0.15, 0.2) is 41.2 Å². The molecule has 5 nitrogen and oxygen atoms in total. The summed E-state index contributed by atoms with van der Waals surface area (Å²) in [6.07, 6.45) is 0.762. The van der Waals surface area contributed by atoms with Gasteiger partial charge in [0.1, 0.15) is 0 Å². The second-order valence-corrected chi connectivity index (χ2v) is 7.45. The lowest BCUT2D eigenvalue weighted by Gasteiger charge is -2.20. The van der Waals surface area contributed by atoms with Crippen LogP contribution in [0.2, 0.25) is 5.02 Å². The van der Waals surface area contributed by atoms with E-state index in [-0.39, 0.29) is 17.8 Å². The maximum absolute atomic E-state index is 13.4. The van der Waals surface area contributed by atoms with Crippen molar-refractivity contribution in [3.05, 3.63) is 57.5 Å². The minimum absolute atomic E-state index is 0.0297. The standard InChI is InChI=1S/C22H27ClN2O3/c1-6-17(15-8-11-20(27-5)21(12-15)28-7-2)25-18-10-9-16(23)13-19(18)24(14(3)4)22(25)26/h8-14,17H,6-7H2,1-5H3. The zero-order chi connectivity index (χ0) is 20.4. The summed E-state index contributed by atoms with van der Waals surface area (Å²) in [5.41, 5.74) is 2.70. The maximum Gasteiger partial charge on any atom is 0.329 e. The summed E-state index contributed by atoms with van der Waals surface area (Å²) < 4.78 is 14.8. The van der Waals surface area contributed by atoms with Gasteiger partial charge in [-0.25, -0.2) is 4.79 Å². The SMILES string of the molecule is CCOc1cc(C(CC)n2c(=O)n(C(C)C)c3cc(Cl)ccc32)ccc1OC. The van der Waals surface area contributed by atoms with Gasteiger partial charge < -0.3 is 9.47 Å². The first-order valence-corrected chi connectivity index (χ1v) is 10.0. The number of nitrogens with zero attached hydrogens (tertiary/aromatic N) is 2. The van der Waals surface area contributed by atoms with Gasteiger partial charge in [0.05, 0.1) is 30.8 Å². The van der Waals surface area contributed by atoms with Crippen molar-refractivity contribution in [1.29, 1.82) is 0 Å². The zero-order valence-electron chi connectivity index (χ0n) is 17.0. The molecular weight excluding hydrogens is 376 g/mol. The number of rotatable bonds is 7. The molecule has 1 unspecified atom stereocenters. The molecule has 0 aliphatic carbocycles. The fourth-order valence-electron chi connectivity index (χ4n) is 3.75. The number of benzene rings is 2. The van der Waals surface area contributed by atoms with E-state index in [1.165, 1.54) is 0 Å². The lowest BCUT2D eigenvalue weighted by atomic mass is 10.0. The van der Waals surface area contributed by atoms with E-state index >= 15 is 0 Å². The molecule has 1 atom stereocenters. The molecule has 3 rings (SSSR count). The van der Waals surface area contributed by atoms with E-state index in [1.54, 1.807) is 11.7 Å². The van der Waals surface area contributed by atoms with E-state index in [2.05, 4.69) is 6.92 Å². The lowest BCUT2D eigenvalue weighted by molar-refractivity contribution is 0.310. The summed E-state index contributed by atoms with van der Waals surface area (Å²) >= 11 is 6.22. The number of methoxy groups -OCH3 is 1. The number of imidazole rings is 1. The van der Waals surface area contributed by atoms with Crippen LogP contribution >= 0.6 is 11.6 Å².